The highest BCUT2D eigenvalue weighted by Gasteiger charge is 2.36. The number of methoxy groups -OCH3 is 3. The van der Waals surface area contributed by atoms with Gasteiger partial charge in [0.05, 0.1) is 50.9 Å². The van der Waals surface area contributed by atoms with Gasteiger partial charge in [-0.1, -0.05) is 0 Å². The molecule has 0 amide bonds. The van der Waals surface area contributed by atoms with Crippen LogP contribution in [0.15, 0.2) is 42.9 Å². The Morgan fingerprint density at radius 3 is 2.39 bits per heavy atom. The van der Waals surface area contributed by atoms with Crippen LogP contribution < -0.4 is 10.1 Å². The molecule has 0 aliphatic carbocycles. The molecule has 10 nitrogen and oxygen atoms in total. The molecule has 3 aromatic rings. The van der Waals surface area contributed by atoms with Crippen molar-refractivity contribution < 1.29 is 36.9 Å². The van der Waals surface area contributed by atoms with Crippen molar-refractivity contribution in [1.82, 2.24) is 20.0 Å². The molecule has 0 unspecified atom stereocenters. The summed E-state index contributed by atoms with van der Waals surface area (Å²) in [6.07, 6.45) is -0.222. The van der Waals surface area contributed by atoms with Gasteiger partial charge in [-0.2, -0.15) is 28.2 Å². The van der Waals surface area contributed by atoms with Crippen LogP contribution in [0.25, 0.3) is 0 Å². The molecule has 3 rings (SSSR count). The van der Waals surface area contributed by atoms with Crippen molar-refractivity contribution in [2.45, 2.75) is 25.2 Å². The summed E-state index contributed by atoms with van der Waals surface area (Å²) in [5.41, 5.74) is -0.274. The number of rotatable bonds is 12. The summed E-state index contributed by atoms with van der Waals surface area (Å²) >= 11 is 0. The Bertz CT molecular complexity index is 1140. The van der Waals surface area contributed by atoms with Crippen molar-refractivity contribution in [2.24, 2.45) is 0 Å². The number of halogens is 3. The third-order valence-electron chi connectivity index (χ3n) is 4.99. The minimum Gasteiger partial charge on any atom is -0.465 e. The molecule has 2 aromatic heterocycles. The molecule has 2 heterocycles. The molecular weight excluding hydrogens is 483 g/mol. The van der Waals surface area contributed by atoms with Crippen molar-refractivity contribution in [3.8, 4) is 11.6 Å². The van der Waals surface area contributed by atoms with E-state index in [-0.39, 0.29) is 43.5 Å². The van der Waals surface area contributed by atoms with Gasteiger partial charge in [0.25, 0.3) is 0 Å². The van der Waals surface area contributed by atoms with Crippen LogP contribution >= 0.6 is 0 Å². The standard InChI is InChI=1S/C23H26F3N5O5/c1-33-13-16(14-34-2)30-20-5-4-17(11-18(20)22(32)35-3)36-21-19(23(24,25)26)10-15(12-27-21)6-9-31-28-7-8-29-31/h4-5,7-8,10-12,16,30H,6,9,13-14H2,1-3H3. The molecule has 0 saturated carbocycles. The number of benzene rings is 1. The SMILES string of the molecule is COCC(COC)Nc1ccc(Oc2ncc(CCn3nccn3)cc2C(F)(F)F)cc1C(=O)OC. The van der Waals surface area contributed by atoms with E-state index in [2.05, 4.69) is 20.5 Å². The van der Waals surface area contributed by atoms with E-state index in [1.807, 2.05) is 0 Å². The number of nitrogens with one attached hydrogen (secondary N) is 1. The quantitative estimate of drug-likeness (QED) is 0.366. The van der Waals surface area contributed by atoms with Gasteiger partial charge < -0.3 is 24.3 Å². The average Bonchev–Trinajstić information content (AvgIpc) is 3.37. The molecule has 0 spiro atoms. The zero-order valence-corrected chi connectivity index (χ0v) is 19.9. The molecule has 36 heavy (non-hydrogen) atoms. The van der Waals surface area contributed by atoms with Gasteiger partial charge in [-0.3, -0.25) is 0 Å². The second-order valence-corrected chi connectivity index (χ2v) is 7.62. The fourth-order valence-electron chi connectivity index (χ4n) is 3.36. The van der Waals surface area contributed by atoms with E-state index in [1.165, 1.54) is 62.9 Å². The molecule has 0 radical (unpaired) electrons. The summed E-state index contributed by atoms with van der Waals surface area (Å²) in [4.78, 5) is 17.7. The predicted octanol–water partition coefficient (Wildman–Crippen LogP) is 3.59. The van der Waals surface area contributed by atoms with Crippen molar-refractivity contribution in [2.75, 3.05) is 39.9 Å². The van der Waals surface area contributed by atoms with Gasteiger partial charge in [0.2, 0.25) is 5.88 Å². The number of ether oxygens (including phenoxy) is 4. The summed E-state index contributed by atoms with van der Waals surface area (Å²) in [5.74, 6) is -1.37. The van der Waals surface area contributed by atoms with E-state index in [0.717, 1.165) is 6.07 Å². The molecule has 0 fully saturated rings. The number of esters is 1. The van der Waals surface area contributed by atoms with E-state index in [0.29, 0.717) is 11.3 Å². The lowest BCUT2D eigenvalue weighted by Gasteiger charge is -2.20. The predicted molar refractivity (Wildman–Crippen MR) is 122 cm³/mol. The third kappa shape index (κ3) is 7.15. The summed E-state index contributed by atoms with van der Waals surface area (Å²) in [6, 6.07) is 4.88. The zero-order valence-electron chi connectivity index (χ0n) is 19.9. The van der Waals surface area contributed by atoms with Crippen LogP contribution in [-0.2, 0) is 33.4 Å². The van der Waals surface area contributed by atoms with Gasteiger partial charge in [0.1, 0.15) is 11.3 Å². The monoisotopic (exact) mass is 509 g/mol. The number of alkyl halides is 3. The minimum absolute atomic E-state index is 0.0255. The fraction of sp³-hybridized carbons (Fsp3) is 0.391. The maximum atomic E-state index is 13.8. The first-order valence-electron chi connectivity index (χ1n) is 10.8. The Hall–Kier alpha value is -3.71. The normalized spacial score (nSPS) is 11.5. The topological polar surface area (TPSA) is 110 Å². The number of nitrogens with zero attached hydrogens (tertiary/aromatic N) is 4. The average molecular weight is 509 g/mol. The minimum atomic E-state index is -4.72. The summed E-state index contributed by atoms with van der Waals surface area (Å²) in [6.45, 7) is 0.860. The van der Waals surface area contributed by atoms with Gasteiger partial charge >= 0.3 is 12.1 Å². The number of aromatic nitrogens is 4. The largest absolute Gasteiger partial charge is 0.465 e. The fourth-order valence-corrected chi connectivity index (χ4v) is 3.36. The second-order valence-electron chi connectivity index (χ2n) is 7.62. The van der Waals surface area contributed by atoms with Crippen LogP contribution in [0.5, 0.6) is 11.6 Å². The highest BCUT2D eigenvalue weighted by Crippen LogP contribution is 2.38. The number of hydrogen-bond donors (Lipinski definition) is 1. The Kier molecular flexibility index (Phi) is 9.19. The van der Waals surface area contributed by atoms with E-state index in [1.54, 1.807) is 0 Å². The van der Waals surface area contributed by atoms with Crippen LogP contribution in [0.4, 0.5) is 18.9 Å². The Labute approximate surface area is 205 Å². The second kappa shape index (κ2) is 12.3. The van der Waals surface area contributed by atoms with Gasteiger partial charge in [-0.15, -0.1) is 0 Å². The first-order chi connectivity index (χ1) is 17.2. The lowest BCUT2D eigenvalue weighted by Crippen LogP contribution is -2.30. The van der Waals surface area contributed by atoms with E-state index >= 15 is 0 Å². The number of aryl methyl sites for hydroxylation is 2. The van der Waals surface area contributed by atoms with Gasteiger partial charge in [-0.25, -0.2) is 9.78 Å². The Morgan fingerprint density at radius 1 is 1.08 bits per heavy atom. The van der Waals surface area contributed by atoms with Crippen LogP contribution in [0.1, 0.15) is 21.5 Å². The molecule has 0 saturated heterocycles. The number of hydrogen-bond acceptors (Lipinski definition) is 9. The number of pyridine rings is 1. The van der Waals surface area contributed by atoms with Crippen LogP contribution in [0, 0.1) is 0 Å². The Balaban J connectivity index is 1.87. The molecular formula is C23H26F3N5O5. The lowest BCUT2D eigenvalue weighted by atomic mass is 10.1. The third-order valence-corrected chi connectivity index (χ3v) is 4.99. The van der Waals surface area contributed by atoms with Crippen LogP contribution in [0.3, 0.4) is 0 Å². The Morgan fingerprint density at radius 2 is 1.78 bits per heavy atom. The molecule has 0 bridgehead atoms. The summed E-state index contributed by atoms with van der Waals surface area (Å²) < 4.78 is 62.0. The molecule has 0 aliphatic rings. The highest BCUT2D eigenvalue weighted by atomic mass is 19.4. The van der Waals surface area contributed by atoms with Crippen LogP contribution in [0.2, 0.25) is 0 Å². The van der Waals surface area contributed by atoms with Crippen molar-refractivity contribution >= 4 is 11.7 Å². The lowest BCUT2D eigenvalue weighted by molar-refractivity contribution is -0.138. The maximum Gasteiger partial charge on any atom is 0.421 e. The van der Waals surface area contributed by atoms with E-state index < -0.39 is 23.6 Å². The number of carbonyl (C=O) groups excluding carboxylic acids is 1. The van der Waals surface area contributed by atoms with Gasteiger partial charge in [0.15, 0.2) is 0 Å². The summed E-state index contributed by atoms with van der Waals surface area (Å²) in [5, 5.41) is 11.0. The first-order valence-corrected chi connectivity index (χ1v) is 10.8. The summed E-state index contributed by atoms with van der Waals surface area (Å²) in [7, 11) is 4.24. The maximum absolute atomic E-state index is 13.8. The van der Waals surface area contributed by atoms with Gasteiger partial charge in [0, 0.05) is 26.1 Å². The van der Waals surface area contributed by atoms with Crippen molar-refractivity contribution in [1.29, 1.82) is 0 Å². The molecule has 1 N–H and O–H groups in total. The molecule has 194 valence electrons. The van der Waals surface area contributed by atoms with Crippen LogP contribution in [-0.4, -0.2) is 66.5 Å². The smallest absolute Gasteiger partial charge is 0.421 e. The molecule has 0 atom stereocenters. The molecule has 0 aliphatic heterocycles. The van der Waals surface area contributed by atoms with Gasteiger partial charge in [-0.05, 0) is 36.2 Å². The molecule has 13 heteroatoms. The number of anilines is 1. The van der Waals surface area contributed by atoms with Crippen molar-refractivity contribution in [3.05, 3.63) is 59.5 Å². The highest BCUT2D eigenvalue weighted by molar-refractivity contribution is 5.96. The zero-order chi connectivity index (χ0) is 26.1. The first kappa shape index (κ1) is 26.9. The van der Waals surface area contributed by atoms with E-state index in [9.17, 15) is 18.0 Å². The number of carbonyl (C=O) groups is 1. The van der Waals surface area contributed by atoms with E-state index in [4.69, 9.17) is 18.9 Å². The van der Waals surface area contributed by atoms with Crippen molar-refractivity contribution in [3.63, 3.8) is 0 Å². The molecule has 1 aromatic carbocycles.